The molecule has 1 aromatic heterocycles. The van der Waals surface area contributed by atoms with E-state index in [9.17, 15) is 24.3 Å². The number of carbonyl (C=O) groups excluding carboxylic acids is 3. The third-order valence-electron chi connectivity index (χ3n) is 6.48. The molecule has 0 radical (unpaired) electrons. The fourth-order valence-corrected chi connectivity index (χ4v) is 6.36. The SMILES string of the molecule is CCOC(=O)Cc1csc(NC(=O)C(Sc2cccc(NC(=O)c3cccc4cccc(C(=O)O)c34)c2)c2ccccc2)n1. The summed E-state index contributed by atoms with van der Waals surface area (Å²) in [7, 11) is 0. The zero-order valence-electron chi connectivity index (χ0n) is 23.5. The number of thiazole rings is 1. The molecule has 1 unspecified atom stereocenters. The van der Waals surface area contributed by atoms with Gasteiger partial charge in [-0.1, -0.05) is 60.7 Å². The Labute approximate surface area is 261 Å². The number of anilines is 2. The van der Waals surface area contributed by atoms with Crippen LogP contribution in [0.4, 0.5) is 10.8 Å². The normalized spacial score (nSPS) is 11.5. The fourth-order valence-electron chi connectivity index (χ4n) is 4.57. The third kappa shape index (κ3) is 7.31. The lowest BCUT2D eigenvalue weighted by Crippen LogP contribution is -2.19. The van der Waals surface area contributed by atoms with Gasteiger partial charge in [0, 0.05) is 26.9 Å². The van der Waals surface area contributed by atoms with Crippen LogP contribution in [-0.2, 0) is 20.7 Å². The lowest BCUT2D eigenvalue weighted by Gasteiger charge is -2.17. The Balaban J connectivity index is 1.35. The van der Waals surface area contributed by atoms with Crippen LogP contribution in [0.2, 0.25) is 0 Å². The van der Waals surface area contributed by atoms with Gasteiger partial charge in [-0.25, -0.2) is 9.78 Å². The number of aromatic carboxylic acids is 1. The van der Waals surface area contributed by atoms with E-state index < -0.39 is 17.1 Å². The number of nitrogens with one attached hydrogen (secondary N) is 2. The average molecular weight is 626 g/mol. The van der Waals surface area contributed by atoms with Gasteiger partial charge in [0.1, 0.15) is 5.25 Å². The first-order valence-corrected chi connectivity index (χ1v) is 15.4. The zero-order chi connectivity index (χ0) is 31.1. The summed E-state index contributed by atoms with van der Waals surface area (Å²) in [5.74, 6) is -2.26. The van der Waals surface area contributed by atoms with Crippen molar-refractivity contribution in [3.63, 3.8) is 0 Å². The number of amides is 2. The molecule has 11 heteroatoms. The number of carbonyl (C=O) groups is 4. The summed E-state index contributed by atoms with van der Waals surface area (Å²) >= 11 is 2.52. The highest BCUT2D eigenvalue weighted by Gasteiger charge is 2.24. The van der Waals surface area contributed by atoms with Crippen molar-refractivity contribution in [3.05, 3.63) is 119 Å². The van der Waals surface area contributed by atoms with E-state index in [2.05, 4.69) is 15.6 Å². The van der Waals surface area contributed by atoms with Crippen LogP contribution in [0.15, 0.2) is 101 Å². The smallest absolute Gasteiger partial charge is 0.336 e. The monoisotopic (exact) mass is 625 g/mol. The quantitative estimate of drug-likeness (QED) is 0.107. The summed E-state index contributed by atoms with van der Waals surface area (Å²) < 4.78 is 4.98. The first kappa shape index (κ1) is 30.5. The number of rotatable bonds is 11. The molecule has 2 amide bonds. The van der Waals surface area contributed by atoms with Crippen molar-refractivity contribution in [1.82, 2.24) is 4.98 Å². The number of carboxylic acids is 1. The van der Waals surface area contributed by atoms with Gasteiger partial charge >= 0.3 is 11.9 Å². The molecule has 4 aromatic carbocycles. The molecular formula is C33H27N3O6S2. The Morgan fingerprint density at radius 3 is 2.36 bits per heavy atom. The van der Waals surface area contributed by atoms with Crippen molar-refractivity contribution < 1.29 is 29.0 Å². The van der Waals surface area contributed by atoms with Crippen molar-refractivity contribution >= 4 is 68.4 Å². The van der Waals surface area contributed by atoms with Gasteiger partial charge in [0.2, 0.25) is 5.91 Å². The van der Waals surface area contributed by atoms with Crippen molar-refractivity contribution in [3.8, 4) is 0 Å². The fraction of sp³-hybridized carbons (Fsp3) is 0.121. The second-order valence-corrected chi connectivity index (χ2v) is 11.6. The largest absolute Gasteiger partial charge is 0.478 e. The van der Waals surface area contributed by atoms with Crippen molar-refractivity contribution in [2.45, 2.75) is 23.5 Å². The van der Waals surface area contributed by atoms with Crippen LogP contribution in [0.1, 0.15) is 44.1 Å². The predicted molar refractivity (Wildman–Crippen MR) is 171 cm³/mol. The number of carboxylic acid groups (broad SMARTS) is 1. The summed E-state index contributed by atoms with van der Waals surface area (Å²) in [5, 5.41) is 17.9. The van der Waals surface area contributed by atoms with Crippen LogP contribution >= 0.6 is 23.1 Å². The third-order valence-corrected chi connectivity index (χ3v) is 8.53. The van der Waals surface area contributed by atoms with Crippen LogP contribution in [0, 0.1) is 0 Å². The minimum absolute atomic E-state index is 0.0198. The van der Waals surface area contributed by atoms with Crippen LogP contribution in [0.25, 0.3) is 10.8 Å². The van der Waals surface area contributed by atoms with Gasteiger partial charge in [-0.3, -0.25) is 14.4 Å². The summed E-state index contributed by atoms with van der Waals surface area (Å²) in [6, 6.07) is 26.3. The number of benzene rings is 4. The first-order chi connectivity index (χ1) is 21.3. The number of ether oxygens (including phenoxy) is 1. The lowest BCUT2D eigenvalue weighted by molar-refractivity contribution is -0.142. The molecule has 0 aliphatic rings. The topological polar surface area (TPSA) is 135 Å². The molecule has 5 rings (SSSR count). The molecule has 5 aromatic rings. The molecule has 0 saturated heterocycles. The molecular weight excluding hydrogens is 599 g/mol. The Morgan fingerprint density at radius 1 is 0.909 bits per heavy atom. The van der Waals surface area contributed by atoms with E-state index in [-0.39, 0.29) is 36.0 Å². The highest BCUT2D eigenvalue weighted by molar-refractivity contribution is 8.00. The lowest BCUT2D eigenvalue weighted by atomic mass is 9.98. The van der Waals surface area contributed by atoms with E-state index >= 15 is 0 Å². The molecule has 3 N–H and O–H groups in total. The molecule has 222 valence electrons. The van der Waals surface area contributed by atoms with Crippen LogP contribution < -0.4 is 10.6 Å². The van der Waals surface area contributed by atoms with Gasteiger partial charge < -0.3 is 20.5 Å². The predicted octanol–water partition coefficient (Wildman–Crippen LogP) is 6.82. The summed E-state index contributed by atoms with van der Waals surface area (Å²) in [6.45, 7) is 2.01. The summed E-state index contributed by atoms with van der Waals surface area (Å²) in [4.78, 5) is 55.7. The molecule has 0 aliphatic heterocycles. The zero-order valence-corrected chi connectivity index (χ0v) is 25.1. The Bertz CT molecular complexity index is 1830. The van der Waals surface area contributed by atoms with E-state index in [1.54, 1.807) is 60.8 Å². The Kier molecular flexibility index (Phi) is 9.68. The van der Waals surface area contributed by atoms with E-state index in [0.29, 0.717) is 27.3 Å². The molecule has 0 aliphatic carbocycles. The molecule has 1 atom stereocenters. The maximum atomic E-state index is 13.5. The molecule has 0 bridgehead atoms. The van der Waals surface area contributed by atoms with Crippen LogP contribution in [-0.4, -0.2) is 40.5 Å². The maximum Gasteiger partial charge on any atom is 0.336 e. The molecule has 0 spiro atoms. The summed E-state index contributed by atoms with van der Waals surface area (Å²) in [6.07, 6.45) is 0.0198. The average Bonchev–Trinajstić information content (AvgIpc) is 3.45. The second-order valence-electron chi connectivity index (χ2n) is 9.52. The van der Waals surface area contributed by atoms with Gasteiger partial charge in [-0.2, -0.15) is 0 Å². The van der Waals surface area contributed by atoms with E-state index in [1.165, 1.54) is 29.2 Å². The minimum Gasteiger partial charge on any atom is -0.478 e. The van der Waals surface area contributed by atoms with Gasteiger partial charge in [-0.15, -0.1) is 23.1 Å². The van der Waals surface area contributed by atoms with E-state index in [4.69, 9.17) is 4.74 Å². The van der Waals surface area contributed by atoms with Gasteiger partial charge in [0.25, 0.3) is 5.91 Å². The first-order valence-electron chi connectivity index (χ1n) is 13.6. The Hall–Kier alpha value is -5.00. The highest BCUT2D eigenvalue weighted by atomic mass is 32.2. The molecule has 0 saturated carbocycles. The van der Waals surface area contributed by atoms with Crippen molar-refractivity contribution in [1.29, 1.82) is 0 Å². The minimum atomic E-state index is -1.12. The maximum absolute atomic E-state index is 13.5. The van der Waals surface area contributed by atoms with E-state index in [1.807, 2.05) is 36.4 Å². The number of hydrogen-bond donors (Lipinski definition) is 3. The van der Waals surface area contributed by atoms with Crippen LogP contribution in [0.5, 0.6) is 0 Å². The Morgan fingerprint density at radius 2 is 1.64 bits per heavy atom. The van der Waals surface area contributed by atoms with Crippen molar-refractivity contribution in [2.75, 3.05) is 17.2 Å². The standard InChI is InChI=1S/C33H27N3O6S2/c1-2-42-27(37)18-23-19-43-33(35-23)36-31(39)29(21-9-4-3-5-10-21)44-24-14-8-13-22(17-24)34-30(38)25-15-6-11-20-12-7-16-26(28(20)25)32(40)41/h3-17,19,29H,2,18H2,1H3,(H,34,38)(H,40,41)(H,35,36,39). The van der Waals surface area contributed by atoms with Crippen molar-refractivity contribution in [2.24, 2.45) is 0 Å². The number of nitrogens with zero attached hydrogens (tertiary/aromatic N) is 1. The number of fused-ring (bicyclic) bond motifs is 1. The number of esters is 1. The molecule has 1 heterocycles. The second kappa shape index (κ2) is 14.0. The number of hydrogen-bond acceptors (Lipinski definition) is 8. The number of aromatic nitrogens is 1. The van der Waals surface area contributed by atoms with Gasteiger partial charge in [0.05, 0.1) is 24.3 Å². The molecule has 9 nitrogen and oxygen atoms in total. The number of thioether (sulfide) groups is 1. The van der Waals surface area contributed by atoms with E-state index in [0.717, 1.165) is 10.5 Å². The highest BCUT2D eigenvalue weighted by Crippen LogP contribution is 2.37. The molecule has 0 fully saturated rings. The van der Waals surface area contributed by atoms with Gasteiger partial charge in [-0.05, 0) is 48.2 Å². The van der Waals surface area contributed by atoms with Crippen LogP contribution in [0.3, 0.4) is 0 Å². The summed E-state index contributed by atoms with van der Waals surface area (Å²) in [5.41, 5.74) is 2.05. The molecule has 44 heavy (non-hydrogen) atoms. The van der Waals surface area contributed by atoms with Gasteiger partial charge in [0.15, 0.2) is 5.13 Å².